The lowest BCUT2D eigenvalue weighted by Gasteiger charge is -2.34. The normalized spacial score (nSPS) is 28.3. The molecule has 1 unspecified atom stereocenters. The molecular weight excluding hydrogens is 324 g/mol. The second-order valence-corrected chi connectivity index (χ2v) is 5.81. The van der Waals surface area contributed by atoms with Gasteiger partial charge in [-0.05, 0) is 17.7 Å². The number of halogens is 1. The van der Waals surface area contributed by atoms with E-state index in [1.165, 1.54) is 21.3 Å². The average molecular weight is 343 g/mol. The minimum absolute atomic E-state index is 0.571. The van der Waals surface area contributed by atoms with E-state index in [9.17, 15) is 9.59 Å². The van der Waals surface area contributed by atoms with Gasteiger partial charge in [-0.25, -0.2) is 0 Å². The van der Waals surface area contributed by atoms with Crippen molar-refractivity contribution >= 4 is 23.5 Å². The molecule has 0 bridgehead atoms. The molecule has 7 heteroatoms. The van der Waals surface area contributed by atoms with Crippen LogP contribution in [0.1, 0.15) is 18.6 Å². The van der Waals surface area contributed by atoms with E-state index < -0.39 is 35.7 Å². The Kier molecular flexibility index (Phi) is 5.29. The summed E-state index contributed by atoms with van der Waals surface area (Å²) in [6.07, 6.45) is -0.618. The van der Waals surface area contributed by atoms with E-state index in [0.717, 1.165) is 5.56 Å². The molecule has 1 aliphatic heterocycles. The number of methoxy groups -OCH3 is 3. The van der Waals surface area contributed by atoms with Crippen LogP contribution < -0.4 is 0 Å². The van der Waals surface area contributed by atoms with Gasteiger partial charge in [-0.3, -0.25) is 9.59 Å². The third-order valence-electron chi connectivity index (χ3n) is 4.16. The Morgan fingerprint density at radius 3 is 2.35 bits per heavy atom. The molecule has 126 valence electrons. The third-order valence-corrected chi connectivity index (χ3v) is 4.41. The first kappa shape index (κ1) is 17.7. The molecule has 1 heterocycles. The van der Waals surface area contributed by atoms with Crippen molar-refractivity contribution in [1.82, 2.24) is 0 Å². The Bertz CT molecular complexity index is 587. The average Bonchev–Trinajstić information content (AvgIpc) is 2.81. The monoisotopic (exact) mass is 342 g/mol. The number of hydrogen-bond acceptors (Lipinski definition) is 6. The molecule has 1 fully saturated rings. The van der Waals surface area contributed by atoms with Gasteiger partial charge in [0.2, 0.25) is 5.79 Å². The first-order chi connectivity index (χ1) is 10.9. The van der Waals surface area contributed by atoms with E-state index >= 15 is 0 Å². The third kappa shape index (κ3) is 3.20. The molecule has 1 aliphatic rings. The maximum absolute atomic E-state index is 12.2. The molecule has 0 spiro atoms. The Morgan fingerprint density at radius 1 is 1.26 bits per heavy atom. The van der Waals surface area contributed by atoms with Crippen molar-refractivity contribution in [2.45, 2.75) is 18.8 Å². The lowest BCUT2D eigenvalue weighted by Crippen LogP contribution is -2.42. The number of carbonyl (C=O) groups is 2. The fourth-order valence-electron chi connectivity index (χ4n) is 2.92. The quantitative estimate of drug-likeness (QED) is 0.604. The molecule has 1 aromatic rings. The summed E-state index contributed by atoms with van der Waals surface area (Å²) in [4.78, 5) is 24.3. The number of carbonyl (C=O) groups excluding carboxylic acids is 2. The highest BCUT2D eigenvalue weighted by Crippen LogP contribution is 2.47. The zero-order chi connectivity index (χ0) is 17.2. The van der Waals surface area contributed by atoms with Gasteiger partial charge in [0.1, 0.15) is 0 Å². The van der Waals surface area contributed by atoms with Crippen LogP contribution in [0.15, 0.2) is 24.3 Å². The maximum atomic E-state index is 12.2. The first-order valence-electron chi connectivity index (χ1n) is 7.02. The summed E-state index contributed by atoms with van der Waals surface area (Å²) in [5.41, 5.74) is 0.748. The van der Waals surface area contributed by atoms with Crippen molar-refractivity contribution in [3.8, 4) is 0 Å². The molecule has 23 heavy (non-hydrogen) atoms. The summed E-state index contributed by atoms with van der Waals surface area (Å²) >= 11 is 5.91. The summed E-state index contributed by atoms with van der Waals surface area (Å²) in [6, 6.07) is 6.95. The van der Waals surface area contributed by atoms with Gasteiger partial charge in [0.05, 0.1) is 19.1 Å². The highest BCUT2D eigenvalue weighted by Gasteiger charge is 2.60. The SMILES string of the molecule is COC(=O)[C@H]1C(=O)O[C@@](C)(OC)[C@H]1C(OC)c1ccc(Cl)cc1. The molecule has 0 saturated carbocycles. The molecule has 0 radical (unpaired) electrons. The van der Waals surface area contributed by atoms with Gasteiger partial charge in [-0.1, -0.05) is 23.7 Å². The number of rotatable bonds is 5. The topological polar surface area (TPSA) is 71.1 Å². The van der Waals surface area contributed by atoms with Crippen molar-refractivity contribution < 1.29 is 28.5 Å². The predicted octanol–water partition coefficient (Wildman–Crippen LogP) is 2.35. The standard InChI is InChI=1S/C16H19ClO6/c1-16(22-4)12(11(14(18)21-3)15(19)23-16)13(20-2)9-5-7-10(17)8-6-9/h5-8,11-13H,1-4H3/t11-,12+,13?,16+/m0/s1. The Balaban J connectivity index is 2.49. The Morgan fingerprint density at radius 2 is 1.87 bits per heavy atom. The molecule has 2 rings (SSSR count). The van der Waals surface area contributed by atoms with E-state index in [2.05, 4.69) is 0 Å². The van der Waals surface area contributed by atoms with Crippen LogP contribution in [-0.4, -0.2) is 39.1 Å². The first-order valence-corrected chi connectivity index (χ1v) is 7.39. The van der Waals surface area contributed by atoms with Gasteiger partial charge < -0.3 is 18.9 Å². The number of benzene rings is 1. The minimum atomic E-state index is -1.31. The molecule has 4 atom stereocenters. The lowest BCUT2D eigenvalue weighted by molar-refractivity contribution is -0.221. The summed E-state index contributed by atoms with van der Waals surface area (Å²) < 4.78 is 21.0. The second kappa shape index (κ2) is 6.86. The van der Waals surface area contributed by atoms with Gasteiger partial charge in [0, 0.05) is 26.2 Å². The van der Waals surface area contributed by atoms with Crippen molar-refractivity contribution in [2.24, 2.45) is 11.8 Å². The van der Waals surface area contributed by atoms with Crippen LogP contribution in [0.2, 0.25) is 5.02 Å². The van der Waals surface area contributed by atoms with Crippen LogP contribution in [0.25, 0.3) is 0 Å². The Hall–Kier alpha value is -1.63. The largest absolute Gasteiger partial charge is 0.468 e. The van der Waals surface area contributed by atoms with Gasteiger partial charge >= 0.3 is 11.9 Å². The van der Waals surface area contributed by atoms with Crippen LogP contribution in [0.3, 0.4) is 0 Å². The molecule has 1 saturated heterocycles. The van der Waals surface area contributed by atoms with Gasteiger partial charge in [-0.15, -0.1) is 0 Å². The summed E-state index contributed by atoms with van der Waals surface area (Å²) in [5.74, 6) is -4.53. The number of cyclic esters (lactones) is 1. The van der Waals surface area contributed by atoms with Crippen molar-refractivity contribution in [3.63, 3.8) is 0 Å². The zero-order valence-electron chi connectivity index (χ0n) is 13.4. The molecule has 1 aromatic carbocycles. The minimum Gasteiger partial charge on any atom is -0.468 e. The predicted molar refractivity (Wildman–Crippen MR) is 81.7 cm³/mol. The maximum Gasteiger partial charge on any atom is 0.323 e. The molecule has 0 N–H and O–H groups in total. The van der Waals surface area contributed by atoms with Crippen LogP contribution in [0, 0.1) is 11.8 Å². The smallest absolute Gasteiger partial charge is 0.323 e. The molecular formula is C16H19ClO6. The van der Waals surface area contributed by atoms with Gasteiger partial charge in [0.15, 0.2) is 5.92 Å². The van der Waals surface area contributed by atoms with E-state index in [1.54, 1.807) is 31.2 Å². The van der Waals surface area contributed by atoms with E-state index in [1.807, 2.05) is 0 Å². The number of ether oxygens (including phenoxy) is 4. The van der Waals surface area contributed by atoms with Crippen LogP contribution in [0.4, 0.5) is 0 Å². The van der Waals surface area contributed by atoms with Gasteiger partial charge in [0.25, 0.3) is 0 Å². The fraction of sp³-hybridized carbons (Fsp3) is 0.500. The molecule has 0 aromatic heterocycles. The van der Waals surface area contributed by atoms with Gasteiger partial charge in [-0.2, -0.15) is 0 Å². The second-order valence-electron chi connectivity index (χ2n) is 5.38. The van der Waals surface area contributed by atoms with Crippen LogP contribution >= 0.6 is 11.6 Å². The van der Waals surface area contributed by atoms with Crippen molar-refractivity contribution in [1.29, 1.82) is 0 Å². The highest BCUT2D eigenvalue weighted by atomic mass is 35.5. The van der Waals surface area contributed by atoms with Crippen LogP contribution in [-0.2, 0) is 28.5 Å². The molecule has 6 nitrogen and oxygen atoms in total. The zero-order valence-corrected chi connectivity index (χ0v) is 14.1. The van der Waals surface area contributed by atoms with E-state index in [4.69, 9.17) is 30.5 Å². The van der Waals surface area contributed by atoms with Crippen molar-refractivity contribution in [2.75, 3.05) is 21.3 Å². The molecule has 0 amide bonds. The number of esters is 2. The fourth-order valence-corrected chi connectivity index (χ4v) is 3.05. The Labute approximate surface area is 139 Å². The number of hydrogen-bond donors (Lipinski definition) is 0. The summed E-state index contributed by atoms with van der Waals surface area (Å²) in [5, 5.41) is 0.571. The highest BCUT2D eigenvalue weighted by molar-refractivity contribution is 6.30. The molecule has 0 aliphatic carbocycles. The lowest BCUT2D eigenvalue weighted by atomic mass is 9.81. The summed E-state index contributed by atoms with van der Waals surface area (Å²) in [6.45, 7) is 1.60. The van der Waals surface area contributed by atoms with E-state index in [0.29, 0.717) is 5.02 Å². The van der Waals surface area contributed by atoms with E-state index in [-0.39, 0.29) is 0 Å². The van der Waals surface area contributed by atoms with Crippen LogP contribution in [0.5, 0.6) is 0 Å². The van der Waals surface area contributed by atoms with Crippen molar-refractivity contribution in [3.05, 3.63) is 34.9 Å². The summed E-state index contributed by atoms with van der Waals surface area (Å²) in [7, 11) is 4.13.